The first-order chi connectivity index (χ1) is 19.3. The average Bonchev–Trinajstić information content (AvgIpc) is 2.93. The molecule has 1 atom stereocenters. The van der Waals surface area contributed by atoms with E-state index in [0.29, 0.717) is 33.9 Å². The summed E-state index contributed by atoms with van der Waals surface area (Å²) in [6, 6.07) is 15.1. The minimum Gasteiger partial charge on any atom is -0.354 e. The zero-order valence-electron chi connectivity index (χ0n) is 22.2. The van der Waals surface area contributed by atoms with E-state index in [4.69, 9.17) is 23.2 Å². The fourth-order valence-electron chi connectivity index (χ4n) is 3.94. The van der Waals surface area contributed by atoms with Crippen molar-refractivity contribution in [1.82, 2.24) is 10.2 Å². The van der Waals surface area contributed by atoms with Crippen molar-refractivity contribution in [3.8, 4) is 0 Å². The van der Waals surface area contributed by atoms with E-state index < -0.39 is 56.9 Å². The number of halogens is 5. The Balaban J connectivity index is 2.10. The molecule has 0 saturated carbocycles. The maximum absolute atomic E-state index is 13.8. The van der Waals surface area contributed by atoms with Crippen molar-refractivity contribution in [2.45, 2.75) is 43.9 Å². The minimum absolute atomic E-state index is 0.117. The van der Waals surface area contributed by atoms with Crippen molar-refractivity contribution in [3.63, 3.8) is 0 Å². The summed E-state index contributed by atoms with van der Waals surface area (Å²) in [5.74, 6) is -1.31. The largest absolute Gasteiger partial charge is 0.417 e. The van der Waals surface area contributed by atoms with Crippen LogP contribution >= 0.6 is 23.2 Å². The van der Waals surface area contributed by atoms with Crippen LogP contribution in [-0.4, -0.2) is 44.3 Å². The van der Waals surface area contributed by atoms with Crippen molar-refractivity contribution < 1.29 is 31.2 Å². The monoisotopic (exact) mass is 629 g/mol. The first-order valence-electron chi connectivity index (χ1n) is 12.5. The van der Waals surface area contributed by atoms with Gasteiger partial charge in [0.05, 0.1) is 21.2 Å². The SMILES string of the molecule is CCCNC(=O)[C@@H](C)N(Cc1cccc(Cl)c1)C(=O)CN(c1ccc(Cl)c(C(F)(F)F)c1)S(=O)(=O)c1ccccc1. The number of hydrogen-bond donors (Lipinski definition) is 1. The van der Waals surface area contributed by atoms with E-state index in [1.165, 1.54) is 31.2 Å². The van der Waals surface area contributed by atoms with Crippen molar-refractivity contribution in [3.05, 3.63) is 94.0 Å². The summed E-state index contributed by atoms with van der Waals surface area (Å²) in [4.78, 5) is 27.6. The molecule has 0 spiro atoms. The Hall–Kier alpha value is -3.28. The maximum Gasteiger partial charge on any atom is 0.417 e. The summed E-state index contributed by atoms with van der Waals surface area (Å²) in [5.41, 5.74) is -1.13. The third-order valence-electron chi connectivity index (χ3n) is 6.11. The Morgan fingerprint density at radius 2 is 1.66 bits per heavy atom. The Morgan fingerprint density at radius 1 is 0.976 bits per heavy atom. The molecular weight excluding hydrogens is 602 g/mol. The lowest BCUT2D eigenvalue weighted by atomic mass is 10.1. The molecule has 220 valence electrons. The molecule has 0 aliphatic heterocycles. The lowest BCUT2D eigenvalue weighted by Gasteiger charge is -2.32. The second kappa shape index (κ2) is 13.6. The molecule has 0 aliphatic rings. The van der Waals surface area contributed by atoms with Crippen molar-refractivity contribution in [2.75, 3.05) is 17.4 Å². The highest BCUT2D eigenvalue weighted by molar-refractivity contribution is 7.92. The van der Waals surface area contributed by atoms with Gasteiger partial charge in [0.25, 0.3) is 10.0 Å². The van der Waals surface area contributed by atoms with E-state index in [0.717, 1.165) is 17.0 Å². The van der Waals surface area contributed by atoms with Crippen molar-refractivity contribution in [2.24, 2.45) is 0 Å². The molecule has 1 N–H and O–H groups in total. The summed E-state index contributed by atoms with van der Waals surface area (Å²) < 4.78 is 69.1. The summed E-state index contributed by atoms with van der Waals surface area (Å²) in [6.07, 6.45) is -4.24. The highest BCUT2D eigenvalue weighted by atomic mass is 35.5. The van der Waals surface area contributed by atoms with Crippen LogP contribution in [0.25, 0.3) is 0 Å². The molecule has 2 amide bonds. The van der Waals surface area contributed by atoms with Crippen LogP contribution in [0, 0.1) is 0 Å². The number of nitrogens with zero attached hydrogens (tertiary/aromatic N) is 2. The number of alkyl halides is 3. The molecule has 13 heteroatoms. The van der Waals surface area contributed by atoms with Gasteiger partial charge in [-0.15, -0.1) is 0 Å². The number of amides is 2. The predicted molar refractivity (Wildman–Crippen MR) is 152 cm³/mol. The third kappa shape index (κ3) is 8.15. The van der Waals surface area contributed by atoms with E-state index in [1.54, 1.807) is 30.3 Å². The van der Waals surface area contributed by atoms with Crippen LogP contribution < -0.4 is 9.62 Å². The Kier molecular flexibility index (Phi) is 10.7. The van der Waals surface area contributed by atoms with Gasteiger partial charge in [-0.3, -0.25) is 13.9 Å². The van der Waals surface area contributed by atoms with Crippen LogP contribution in [0.1, 0.15) is 31.4 Å². The third-order valence-corrected chi connectivity index (χ3v) is 8.46. The van der Waals surface area contributed by atoms with Gasteiger partial charge in [-0.1, -0.05) is 60.5 Å². The van der Waals surface area contributed by atoms with Gasteiger partial charge >= 0.3 is 6.18 Å². The minimum atomic E-state index is -4.89. The van der Waals surface area contributed by atoms with Crippen LogP contribution in [0.2, 0.25) is 10.0 Å². The first-order valence-corrected chi connectivity index (χ1v) is 14.7. The maximum atomic E-state index is 13.8. The molecule has 0 unspecified atom stereocenters. The average molecular weight is 631 g/mol. The zero-order chi connectivity index (χ0) is 30.4. The molecule has 3 rings (SSSR count). The lowest BCUT2D eigenvalue weighted by molar-refractivity contribution is -0.139. The molecule has 0 heterocycles. The summed E-state index contributed by atoms with van der Waals surface area (Å²) in [6.45, 7) is 2.67. The predicted octanol–water partition coefficient (Wildman–Crippen LogP) is 6.15. The van der Waals surface area contributed by atoms with Gasteiger partial charge in [0.2, 0.25) is 11.8 Å². The van der Waals surface area contributed by atoms with Crippen LogP contribution in [-0.2, 0) is 32.3 Å². The number of anilines is 1. The van der Waals surface area contributed by atoms with Gasteiger partial charge in [0.15, 0.2) is 0 Å². The molecule has 7 nitrogen and oxygen atoms in total. The van der Waals surface area contributed by atoms with Gasteiger partial charge in [-0.25, -0.2) is 8.42 Å². The van der Waals surface area contributed by atoms with Crippen molar-refractivity contribution in [1.29, 1.82) is 0 Å². The van der Waals surface area contributed by atoms with Crippen LogP contribution in [0.15, 0.2) is 77.7 Å². The fourth-order valence-corrected chi connectivity index (χ4v) is 5.81. The quantitative estimate of drug-likeness (QED) is 0.276. The molecule has 3 aromatic rings. The number of nitrogens with one attached hydrogen (secondary N) is 1. The lowest BCUT2D eigenvalue weighted by Crippen LogP contribution is -2.51. The van der Waals surface area contributed by atoms with Gasteiger partial charge in [-0.05, 0) is 61.4 Å². The summed E-state index contributed by atoms with van der Waals surface area (Å²) in [5, 5.41) is 2.46. The van der Waals surface area contributed by atoms with Crippen LogP contribution in [0.3, 0.4) is 0 Å². The van der Waals surface area contributed by atoms with Gasteiger partial charge in [0.1, 0.15) is 12.6 Å². The molecule has 0 aliphatic carbocycles. The van der Waals surface area contributed by atoms with Crippen LogP contribution in [0.4, 0.5) is 18.9 Å². The Morgan fingerprint density at radius 3 is 2.27 bits per heavy atom. The topological polar surface area (TPSA) is 86.8 Å². The molecule has 0 fully saturated rings. The fraction of sp³-hybridized carbons (Fsp3) is 0.286. The molecular formula is C28H28Cl2F3N3O4S. The second-order valence-electron chi connectivity index (χ2n) is 9.11. The molecule has 3 aromatic carbocycles. The number of sulfonamides is 1. The summed E-state index contributed by atoms with van der Waals surface area (Å²) >= 11 is 11.9. The molecule has 41 heavy (non-hydrogen) atoms. The Labute approximate surface area is 246 Å². The van der Waals surface area contributed by atoms with E-state index in [1.807, 2.05) is 6.92 Å². The smallest absolute Gasteiger partial charge is 0.354 e. The standard InChI is InChI=1S/C28H28Cl2F3N3O4S/c1-3-14-34-27(38)19(2)35(17-20-8-7-9-21(29)15-20)26(37)18-36(41(39,40)23-10-5-4-6-11-23)22-12-13-25(30)24(16-22)28(31,32)33/h4-13,15-16,19H,3,14,17-18H2,1-2H3,(H,34,38)/t19-/m1/s1. The highest BCUT2D eigenvalue weighted by Crippen LogP contribution is 2.38. The second-order valence-corrected chi connectivity index (χ2v) is 11.8. The zero-order valence-corrected chi connectivity index (χ0v) is 24.5. The molecule has 0 aromatic heterocycles. The normalized spacial score (nSPS) is 12.5. The molecule has 0 bridgehead atoms. The molecule has 0 radical (unpaired) electrons. The van der Waals surface area contributed by atoms with Gasteiger partial charge in [-0.2, -0.15) is 13.2 Å². The first kappa shape index (κ1) is 32.2. The van der Waals surface area contributed by atoms with Crippen molar-refractivity contribution >= 4 is 50.7 Å². The van der Waals surface area contributed by atoms with E-state index in [-0.39, 0.29) is 11.4 Å². The molecule has 0 saturated heterocycles. The number of carbonyl (C=O) groups excluding carboxylic acids is 2. The summed E-state index contributed by atoms with van der Waals surface area (Å²) in [7, 11) is -4.54. The van der Waals surface area contributed by atoms with E-state index in [9.17, 15) is 31.2 Å². The number of hydrogen-bond acceptors (Lipinski definition) is 4. The Bertz CT molecular complexity index is 1490. The van der Waals surface area contributed by atoms with E-state index >= 15 is 0 Å². The number of rotatable bonds is 11. The number of benzene rings is 3. The van der Waals surface area contributed by atoms with Gasteiger partial charge in [0, 0.05) is 18.1 Å². The van der Waals surface area contributed by atoms with Gasteiger partial charge < -0.3 is 10.2 Å². The van der Waals surface area contributed by atoms with E-state index in [2.05, 4.69) is 5.32 Å². The highest BCUT2D eigenvalue weighted by Gasteiger charge is 2.37. The number of carbonyl (C=O) groups is 2. The van der Waals surface area contributed by atoms with Crippen LogP contribution in [0.5, 0.6) is 0 Å².